The molecule has 34 heavy (non-hydrogen) atoms. The maximum Gasteiger partial charge on any atom is 0.133 e. The SMILES string of the molecule is C=C(NCc1cccc(C(=C)/N=C\C(=C/C)OCCN2CCCCC2)c1)/C(=C\N=C(/C)Cl)NO. The molecule has 3 N–H and O–H groups in total. The lowest BCUT2D eigenvalue weighted by atomic mass is 10.1. The van der Waals surface area contributed by atoms with Crippen molar-refractivity contribution in [1.82, 2.24) is 15.7 Å². The lowest BCUT2D eigenvalue weighted by Crippen LogP contribution is -2.32. The van der Waals surface area contributed by atoms with Crippen molar-refractivity contribution in [1.29, 1.82) is 0 Å². The van der Waals surface area contributed by atoms with E-state index in [9.17, 15) is 5.21 Å². The van der Waals surface area contributed by atoms with Crippen LogP contribution >= 0.6 is 11.6 Å². The fraction of sp³-hybridized carbons (Fsp3) is 0.385. The number of nitrogens with one attached hydrogen (secondary N) is 2. The first-order chi connectivity index (χ1) is 16.4. The average Bonchev–Trinajstić information content (AvgIpc) is 2.85. The molecule has 0 radical (unpaired) electrons. The molecule has 8 heteroatoms. The Bertz CT molecular complexity index is 942. The third-order valence-corrected chi connectivity index (χ3v) is 5.44. The second kappa shape index (κ2) is 15.1. The Labute approximate surface area is 208 Å². The summed E-state index contributed by atoms with van der Waals surface area (Å²) in [6, 6.07) is 7.90. The van der Waals surface area contributed by atoms with Crippen LogP contribution in [0.1, 0.15) is 44.2 Å². The van der Waals surface area contributed by atoms with Crippen LogP contribution in [0.4, 0.5) is 0 Å². The molecule has 0 saturated carbocycles. The molecule has 7 nitrogen and oxygen atoms in total. The second-order valence-electron chi connectivity index (χ2n) is 7.96. The van der Waals surface area contributed by atoms with Gasteiger partial charge in [-0.3, -0.25) is 20.6 Å². The van der Waals surface area contributed by atoms with Gasteiger partial charge >= 0.3 is 0 Å². The molecule has 1 heterocycles. The molecule has 1 aromatic carbocycles. The first-order valence-electron chi connectivity index (χ1n) is 11.5. The molecule has 1 aliphatic rings. The molecule has 2 rings (SSSR count). The summed E-state index contributed by atoms with van der Waals surface area (Å²) >= 11 is 5.73. The number of hydrogen-bond donors (Lipinski definition) is 3. The van der Waals surface area contributed by atoms with Gasteiger partial charge in [-0.1, -0.05) is 49.4 Å². The van der Waals surface area contributed by atoms with Gasteiger partial charge in [0.2, 0.25) is 0 Å². The Morgan fingerprint density at radius 1 is 1.26 bits per heavy atom. The van der Waals surface area contributed by atoms with Crippen LogP contribution in [-0.4, -0.2) is 47.7 Å². The number of hydroxylamine groups is 1. The quantitative estimate of drug-likeness (QED) is 0.154. The van der Waals surface area contributed by atoms with Gasteiger partial charge in [-0.15, -0.1) is 0 Å². The lowest BCUT2D eigenvalue weighted by Gasteiger charge is -2.26. The first-order valence-corrected chi connectivity index (χ1v) is 11.9. The van der Waals surface area contributed by atoms with E-state index < -0.39 is 0 Å². The summed E-state index contributed by atoms with van der Waals surface area (Å²) in [5.74, 6) is 0.734. The van der Waals surface area contributed by atoms with Gasteiger partial charge in [-0.25, -0.2) is 4.99 Å². The largest absolute Gasteiger partial charge is 0.491 e. The number of nitrogens with zero attached hydrogens (tertiary/aromatic N) is 3. The minimum Gasteiger partial charge on any atom is -0.491 e. The van der Waals surface area contributed by atoms with E-state index in [0.717, 1.165) is 36.5 Å². The van der Waals surface area contributed by atoms with Crippen LogP contribution < -0.4 is 10.8 Å². The van der Waals surface area contributed by atoms with E-state index >= 15 is 0 Å². The van der Waals surface area contributed by atoms with Gasteiger partial charge in [0.05, 0.1) is 23.8 Å². The van der Waals surface area contributed by atoms with Gasteiger partial charge in [0, 0.05) is 13.1 Å². The molecule has 0 unspecified atom stereocenters. The number of benzene rings is 1. The number of ether oxygens (including phenoxy) is 1. The number of likely N-dealkylation sites (tertiary alicyclic amines) is 1. The van der Waals surface area contributed by atoms with Crippen molar-refractivity contribution in [3.63, 3.8) is 0 Å². The highest BCUT2D eigenvalue weighted by Crippen LogP contribution is 2.16. The summed E-state index contributed by atoms with van der Waals surface area (Å²) in [4.78, 5) is 10.9. The van der Waals surface area contributed by atoms with Gasteiger partial charge < -0.3 is 10.1 Å². The molecule has 1 aromatic rings. The normalized spacial score (nSPS) is 15.9. The molecule has 0 atom stereocenters. The molecule has 0 spiro atoms. The molecule has 0 amide bonds. The van der Waals surface area contributed by atoms with Crippen molar-refractivity contribution in [3.05, 3.63) is 78.0 Å². The predicted octanol–water partition coefficient (Wildman–Crippen LogP) is 5.22. The third kappa shape index (κ3) is 9.95. The summed E-state index contributed by atoms with van der Waals surface area (Å²) in [7, 11) is 0. The van der Waals surface area contributed by atoms with E-state index in [1.165, 1.54) is 25.5 Å². The zero-order valence-corrected chi connectivity index (χ0v) is 20.9. The molecular formula is C26H36ClN5O2. The maximum absolute atomic E-state index is 9.29. The number of rotatable bonds is 13. The van der Waals surface area contributed by atoms with Crippen LogP contribution in [0.15, 0.2) is 76.8 Å². The Hall–Kier alpha value is -2.87. The average molecular weight is 486 g/mol. The molecule has 1 aliphatic heterocycles. The molecule has 1 fully saturated rings. The van der Waals surface area contributed by atoms with Crippen molar-refractivity contribution >= 4 is 28.7 Å². The van der Waals surface area contributed by atoms with Gasteiger partial charge in [-0.05, 0) is 63.0 Å². The Morgan fingerprint density at radius 3 is 2.71 bits per heavy atom. The van der Waals surface area contributed by atoms with Crippen LogP contribution in [0.2, 0.25) is 0 Å². The minimum absolute atomic E-state index is 0.323. The van der Waals surface area contributed by atoms with Crippen LogP contribution in [0.25, 0.3) is 5.70 Å². The monoisotopic (exact) mass is 485 g/mol. The smallest absolute Gasteiger partial charge is 0.133 e. The topological polar surface area (TPSA) is 81.5 Å². The molecule has 1 saturated heterocycles. The van der Waals surface area contributed by atoms with Crippen LogP contribution in [0.5, 0.6) is 0 Å². The van der Waals surface area contributed by atoms with Gasteiger partial charge in [0.25, 0.3) is 0 Å². The van der Waals surface area contributed by atoms with Crippen molar-refractivity contribution in [2.24, 2.45) is 9.98 Å². The highest BCUT2D eigenvalue weighted by Gasteiger charge is 2.09. The highest BCUT2D eigenvalue weighted by atomic mass is 35.5. The number of allylic oxidation sites excluding steroid dienone is 2. The standard InChI is InChI=1S/C26H36ClN5O2/c1-5-25(34-15-14-32-12-7-6-8-13-32)18-29-20(2)24-11-9-10-23(16-24)17-28-21(3)26(31-33)19-30-22(4)27/h5,9-11,16,18-19,28,31,33H,2-3,6-8,12-15,17H2,1,4H3/b25-5+,26-19+,29-18-,30-22+. The molecular weight excluding hydrogens is 450 g/mol. The van der Waals surface area contributed by atoms with E-state index in [-0.39, 0.29) is 0 Å². The summed E-state index contributed by atoms with van der Waals surface area (Å²) in [5, 5.41) is 12.8. The summed E-state index contributed by atoms with van der Waals surface area (Å²) in [6.07, 6.45) is 8.92. The Kier molecular flexibility index (Phi) is 12.2. The van der Waals surface area contributed by atoms with Crippen molar-refractivity contribution in [2.75, 3.05) is 26.2 Å². The summed E-state index contributed by atoms with van der Waals surface area (Å²) < 4.78 is 5.90. The molecule has 0 aromatic heterocycles. The van der Waals surface area contributed by atoms with Crippen LogP contribution in [0, 0.1) is 0 Å². The van der Waals surface area contributed by atoms with E-state index in [4.69, 9.17) is 16.3 Å². The fourth-order valence-corrected chi connectivity index (χ4v) is 3.43. The zero-order valence-electron chi connectivity index (χ0n) is 20.2. The van der Waals surface area contributed by atoms with E-state index in [1.807, 2.05) is 37.3 Å². The van der Waals surface area contributed by atoms with Gasteiger partial charge in [-0.2, -0.15) is 0 Å². The third-order valence-electron chi connectivity index (χ3n) is 5.34. The minimum atomic E-state index is 0.323. The highest BCUT2D eigenvalue weighted by molar-refractivity contribution is 6.64. The number of piperidine rings is 1. The van der Waals surface area contributed by atoms with E-state index in [0.29, 0.717) is 35.4 Å². The summed E-state index contributed by atoms with van der Waals surface area (Å²) in [6.45, 7) is 16.0. The summed E-state index contributed by atoms with van der Waals surface area (Å²) in [5.41, 5.74) is 5.43. The van der Waals surface area contributed by atoms with Crippen LogP contribution in [-0.2, 0) is 11.3 Å². The first kappa shape index (κ1) is 27.4. The van der Waals surface area contributed by atoms with E-state index in [2.05, 4.69) is 38.8 Å². The van der Waals surface area contributed by atoms with Crippen molar-refractivity contribution < 1.29 is 9.94 Å². The Morgan fingerprint density at radius 2 is 2.03 bits per heavy atom. The molecule has 0 aliphatic carbocycles. The van der Waals surface area contributed by atoms with Gasteiger partial charge in [0.1, 0.15) is 23.2 Å². The predicted molar refractivity (Wildman–Crippen MR) is 142 cm³/mol. The second-order valence-corrected chi connectivity index (χ2v) is 8.51. The number of hydrogen-bond acceptors (Lipinski definition) is 7. The zero-order chi connectivity index (χ0) is 24.8. The number of halogens is 1. The fourth-order valence-electron chi connectivity index (χ4n) is 3.38. The molecule has 0 bridgehead atoms. The number of aliphatic imine (C=N–C) groups is 2. The molecule has 184 valence electrons. The Balaban J connectivity index is 1.89. The lowest BCUT2D eigenvalue weighted by molar-refractivity contribution is 0.152. The van der Waals surface area contributed by atoms with Gasteiger partial charge in [0.15, 0.2) is 0 Å². The van der Waals surface area contributed by atoms with E-state index in [1.54, 1.807) is 13.1 Å². The van der Waals surface area contributed by atoms with Crippen molar-refractivity contribution in [2.45, 2.75) is 39.7 Å². The maximum atomic E-state index is 9.29. The van der Waals surface area contributed by atoms with Crippen molar-refractivity contribution in [3.8, 4) is 0 Å². The van der Waals surface area contributed by atoms with Crippen LogP contribution in [0.3, 0.4) is 0 Å².